The topological polar surface area (TPSA) is 144 Å². The highest BCUT2D eigenvalue weighted by Gasteiger charge is 2.08. The Labute approximate surface area is 115 Å². The van der Waals surface area contributed by atoms with Crippen molar-refractivity contribution in [2.45, 2.75) is 13.0 Å². The first-order valence-corrected chi connectivity index (χ1v) is 8.83. The van der Waals surface area contributed by atoms with Gasteiger partial charge in [0.2, 0.25) is 0 Å². The lowest BCUT2D eigenvalue weighted by Gasteiger charge is -2.28. The number of hydrogen-bond donors (Lipinski definition) is 1. The molecule has 0 saturated carbocycles. The zero-order valence-electron chi connectivity index (χ0n) is 10.2. The molecule has 0 saturated heterocycles. The van der Waals surface area contributed by atoms with Crippen molar-refractivity contribution in [3.8, 4) is 0 Å². The molecule has 9 nitrogen and oxygen atoms in total. The largest absolute Gasteiger partial charge is 0.810 e. The minimum atomic E-state index is -4.74. The van der Waals surface area contributed by atoms with E-state index in [1.54, 1.807) is 4.57 Å². The average Bonchev–Trinajstić information content (AvgIpc) is 2.72. The lowest BCUT2D eigenvalue weighted by atomic mass is 10.4. The fraction of sp³-hybridized carbons (Fsp3) is 0.444. The van der Waals surface area contributed by atoms with E-state index in [9.17, 15) is 23.4 Å². The molecule has 1 unspecified atom stereocenters. The number of H-pyrrole nitrogens is 1. The molecule has 11 heteroatoms. The molecule has 0 bridgehead atoms. The Hall–Kier alpha value is -1.35. The summed E-state index contributed by atoms with van der Waals surface area (Å²) in [5.41, 5.74) is -0.596. The highest BCUT2D eigenvalue weighted by atomic mass is 32.2. The van der Waals surface area contributed by atoms with Crippen molar-refractivity contribution in [1.29, 1.82) is 0 Å². The summed E-state index contributed by atoms with van der Waals surface area (Å²) in [6.07, 6.45) is 3.07. The van der Waals surface area contributed by atoms with Gasteiger partial charge in [0.1, 0.15) is 0 Å². The van der Waals surface area contributed by atoms with Crippen LogP contribution in [0, 0.1) is 0 Å². The van der Waals surface area contributed by atoms with Crippen molar-refractivity contribution in [3.05, 3.63) is 23.0 Å². The van der Waals surface area contributed by atoms with Gasteiger partial charge in [0.05, 0.1) is 18.1 Å². The second-order valence-corrected chi connectivity index (χ2v) is 7.62. The van der Waals surface area contributed by atoms with Gasteiger partial charge in [-0.2, -0.15) is 0 Å². The van der Waals surface area contributed by atoms with E-state index in [0.29, 0.717) is 18.6 Å². The number of rotatable bonds is 6. The molecule has 2 aromatic heterocycles. The number of imidazole rings is 1. The number of aromatic nitrogens is 4. The van der Waals surface area contributed by atoms with Gasteiger partial charge in [-0.15, -0.1) is 0 Å². The van der Waals surface area contributed by atoms with Gasteiger partial charge in [-0.25, -0.2) is 9.97 Å². The Morgan fingerprint density at radius 1 is 1.40 bits per heavy atom. The Morgan fingerprint density at radius 2 is 2.15 bits per heavy atom. The standard InChI is InChI=1S/C9H13N4O5PS/c14-9-7-8(10-4-11-9)13(5-12-7)2-1-3-20(18)6-19(15,16)17/h4-5H,1-3,6H2,(H,10,11,14)(H2,15,16,17)/p-2. The minimum Gasteiger partial charge on any atom is -0.810 e. The van der Waals surface area contributed by atoms with E-state index in [4.69, 9.17) is 0 Å². The van der Waals surface area contributed by atoms with E-state index in [2.05, 4.69) is 15.0 Å². The number of nitrogens with zero attached hydrogens (tertiary/aromatic N) is 3. The maximum absolute atomic E-state index is 11.4. The van der Waals surface area contributed by atoms with Gasteiger partial charge in [-0.1, -0.05) is 7.60 Å². The number of fused-ring (bicyclic) bond motifs is 1. The van der Waals surface area contributed by atoms with Crippen molar-refractivity contribution < 1.29 is 18.6 Å². The Bertz CT molecular complexity index is 735. The van der Waals surface area contributed by atoms with Gasteiger partial charge in [0, 0.05) is 23.1 Å². The molecule has 20 heavy (non-hydrogen) atoms. The summed E-state index contributed by atoms with van der Waals surface area (Å²) in [6.45, 7) is 0.376. The normalized spacial score (nSPS) is 13.7. The van der Waals surface area contributed by atoms with Gasteiger partial charge in [-0.3, -0.25) is 9.00 Å². The van der Waals surface area contributed by atoms with Crippen LogP contribution in [0.1, 0.15) is 6.42 Å². The van der Waals surface area contributed by atoms with Crippen LogP contribution in [0.5, 0.6) is 0 Å². The Kier molecular flexibility index (Phi) is 4.48. The minimum absolute atomic E-state index is 0.0807. The lowest BCUT2D eigenvalue weighted by molar-refractivity contribution is -0.311. The summed E-state index contributed by atoms with van der Waals surface area (Å²) in [6, 6.07) is 0. The van der Waals surface area contributed by atoms with Crippen LogP contribution < -0.4 is 15.3 Å². The maximum Gasteiger partial charge on any atom is 0.278 e. The Morgan fingerprint density at radius 3 is 2.85 bits per heavy atom. The first kappa shape index (κ1) is 15.0. The molecule has 2 aromatic rings. The maximum atomic E-state index is 11.4. The fourth-order valence-corrected chi connectivity index (χ4v) is 4.07. The van der Waals surface area contributed by atoms with E-state index in [-0.39, 0.29) is 16.8 Å². The summed E-state index contributed by atoms with van der Waals surface area (Å²) in [5, 5.41) is 0. The van der Waals surface area contributed by atoms with Crippen LogP contribution in [0.3, 0.4) is 0 Å². The molecule has 1 N–H and O–H groups in total. The highest BCUT2D eigenvalue weighted by molar-refractivity contribution is 7.91. The van der Waals surface area contributed by atoms with Crippen molar-refractivity contribution in [2.24, 2.45) is 0 Å². The molecule has 0 aromatic carbocycles. The second kappa shape index (κ2) is 5.96. The Balaban J connectivity index is 1.97. The van der Waals surface area contributed by atoms with Crippen molar-refractivity contribution in [2.75, 3.05) is 11.2 Å². The predicted octanol–water partition coefficient (Wildman–Crippen LogP) is -1.87. The molecule has 0 aliphatic carbocycles. The quantitative estimate of drug-likeness (QED) is 0.614. The number of aromatic amines is 1. The summed E-state index contributed by atoms with van der Waals surface area (Å²) in [4.78, 5) is 42.6. The highest BCUT2D eigenvalue weighted by Crippen LogP contribution is 2.23. The third-order valence-corrected chi connectivity index (χ3v) is 5.64. The van der Waals surface area contributed by atoms with E-state index in [1.807, 2.05) is 0 Å². The molecule has 2 rings (SSSR count). The van der Waals surface area contributed by atoms with Crippen LogP contribution in [0.4, 0.5) is 0 Å². The molecule has 110 valence electrons. The molecule has 0 amide bonds. The fourth-order valence-electron chi connectivity index (χ4n) is 1.69. The summed E-state index contributed by atoms with van der Waals surface area (Å²) in [5.74, 6) is 0.0807. The van der Waals surface area contributed by atoms with Gasteiger partial charge in [0.25, 0.3) is 5.56 Å². The molecule has 0 fully saturated rings. The summed E-state index contributed by atoms with van der Waals surface area (Å²) < 4.78 is 23.4. The molecule has 0 aliphatic heterocycles. The number of aryl methyl sites for hydroxylation is 1. The zero-order chi connectivity index (χ0) is 14.8. The third kappa shape index (κ3) is 3.83. The molecule has 0 aliphatic rings. The summed E-state index contributed by atoms with van der Waals surface area (Å²) in [7, 11) is -6.44. The number of nitrogens with one attached hydrogen (secondary N) is 1. The molecular formula is C9H11N4O5PS-2. The molecule has 0 radical (unpaired) electrons. The van der Waals surface area contributed by atoms with Gasteiger partial charge < -0.3 is 23.9 Å². The zero-order valence-corrected chi connectivity index (χ0v) is 11.9. The first-order chi connectivity index (χ1) is 9.37. The third-order valence-electron chi connectivity index (χ3n) is 2.48. The van der Waals surface area contributed by atoms with Gasteiger partial charge >= 0.3 is 0 Å². The van der Waals surface area contributed by atoms with Crippen LogP contribution in [0.2, 0.25) is 0 Å². The molecular weight excluding hydrogens is 307 g/mol. The van der Waals surface area contributed by atoms with Gasteiger partial charge in [-0.05, 0) is 6.42 Å². The average molecular weight is 318 g/mol. The molecule has 1 atom stereocenters. The summed E-state index contributed by atoms with van der Waals surface area (Å²) >= 11 is 0. The van der Waals surface area contributed by atoms with Crippen LogP contribution in [-0.4, -0.2) is 35.0 Å². The second-order valence-electron chi connectivity index (χ2n) is 4.08. The smallest absolute Gasteiger partial charge is 0.278 e. The van der Waals surface area contributed by atoms with Crippen molar-refractivity contribution >= 4 is 29.6 Å². The van der Waals surface area contributed by atoms with Crippen molar-refractivity contribution in [1.82, 2.24) is 19.5 Å². The molecule has 2 heterocycles. The first-order valence-electron chi connectivity index (χ1n) is 5.61. The number of hydrogen-bond acceptors (Lipinski definition) is 7. The monoisotopic (exact) mass is 318 g/mol. The van der Waals surface area contributed by atoms with E-state index >= 15 is 0 Å². The molecule has 0 spiro atoms. The van der Waals surface area contributed by atoms with Crippen molar-refractivity contribution in [3.63, 3.8) is 0 Å². The van der Waals surface area contributed by atoms with Crippen LogP contribution >= 0.6 is 7.60 Å². The lowest BCUT2D eigenvalue weighted by Crippen LogP contribution is -2.20. The van der Waals surface area contributed by atoms with Gasteiger partial charge in [0.15, 0.2) is 11.2 Å². The van der Waals surface area contributed by atoms with Crippen LogP contribution in [0.25, 0.3) is 11.2 Å². The van der Waals surface area contributed by atoms with E-state index < -0.39 is 23.9 Å². The van der Waals surface area contributed by atoms with E-state index in [0.717, 1.165) is 0 Å². The van der Waals surface area contributed by atoms with Crippen LogP contribution in [-0.2, 0) is 21.9 Å². The van der Waals surface area contributed by atoms with E-state index in [1.165, 1.54) is 12.7 Å². The van der Waals surface area contributed by atoms with Crippen LogP contribution in [0.15, 0.2) is 17.4 Å². The SMILES string of the molecule is O=c1[nH]cnc2c1ncn2CCCS(=O)CP(=O)([O-])[O-]. The predicted molar refractivity (Wildman–Crippen MR) is 68.2 cm³/mol.